The molecule has 4 nitrogen and oxygen atoms in total. The third kappa shape index (κ3) is 4.20. The molecule has 0 bridgehead atoms. The van der Waals surface area contributed by atoms with E-state index in [1.807, 2.05) is 38.1 Å². The number of halogens is 1. The van der Waals surface area contributed by atoms with Crippen molar-refractivity contribution < 1.29 is 14.3 Å². The zero-order valence-electron chi connectivity index (χ0n) is 14.2. The summed E-state index contributed by atoms with van der Waals surface area (Å²) >= 11 is 6.11. The Balaban J connectivity index is 1.79. The summed E-state index contributed by atoms with van der Waals surface area (Å²) in [6.45, 7) is 3.89. The summed E-state index contributed by atoms with van der Waals surface area (Å²) in [6.07, 6.45) is -0.170. The van der Waals surface area contributed by atoms with E-state index in [-0.39, 0.29) is 11.9 Å². The van der Waals surface area contributed by atoms with Crippen molar-refractivity contribution in [2.75, 3.05) is 5.32 Å². The number of esters is 1. The van der Waals surface area contributed by atoms with E-state index in [1.165, 1.54) is 0 Å². The molecule has 130 valence electrons. The Bertz CT molecular complexity index is 791. The summed E-state index contributed by atoms with van der Waals surface area (Å²) in [6, 6.07) is 14.3. The average molecular weight is 358 g/mol. The van der Waals surface area contributed by atoms with Gasteiger partial charge in [0.05, 0.1) is 5.92 Å². The number of anilines is 1. The van der Waals surface area contributed by atoms with E-state index in [2.05, 4.69) is 5.32 Å². The van der Waals surface area contributed by atoms with Gasteiger partial charge >= 0.3 is 5.97 Å². The zero-order chi connectivity index (χ0) is 18.0. The molecule has 1 amide bonds. The van der Waals surface area contributed by atoms with Crippen molar-refractivity contribution in [2.45, 2.75) is 26.4 Å². The molecule has 5 heteroatoms. The van der Waals surface area contributed by atoms with E-state index < -0.39 is 12.0 Å². The zero-order valence-corrected chi connectivity index (χ0v) is 14.9. The van der Waals surface area contributed by atoms with Gasteiger partial charge in [-0.25, -0.2) is 0 Å². The van der Waals surface area contributed by atoms with Gasteiger partial charge in [0.15, 0.2) is 0 Å². The maximum Gasteiger partial charge on any atom is 0.310 e. The summed E-state index contributed by atoms with van der Waals surface area (Å²) in [4.78, 5) is 25.0. The second-order valence-corrected chi connectivity index (χ2v) is 6.91. The minimum atomic E-state index is -0.985. The Morgan fingerprint density at radius 2 is 1.88 bits per heavy atom. The van der Waals surface area contributed by atoms with Crippen molar-refractivity contribution in [1.82, 2.24) is 0 Å². The van der Waals surface area contributed by atoms with E-state index >= 15 is 0 Å². The third-order valence-corrected chi connectivity index (χ3v) is 4.83. The first-order valence-electron chi connectivity index (χ1n) is 8.28. The Kier molecular flexibility index (Phi) is 5.09. The molecule has 0 unspecified atom stereocenters. The minimum absolute atomic E-state index is 0.104. The highest BCUT2D eigenvalue weighted by atomic mass is 35.5. The summed E-state index contributed by atoms with van der Waals surface area (Å²) in [5.41, 5.74) is 2.13. The van der Waals surface area contributed by atoms with Gasteiger partial charge in [-0.1, -0.05) is 54.9 Å². The van der Waals surface area contributed by atoms with E-state index in [1.54, 1.807) is 24.3 Å². The number of aryl methyl sites for hydroxylation is 1. The number of rotatable bonds is 5. The summed E-state index contributed by atoms with van der Waals surface area (Å²) in [5.74, 6) is -0.498. The maximum absolute atomic E-state index is 12.7. The van der Waals surface area contributed by atoms with Gasteiger partial charge in [-0.15, -0.1) is 0 Å². The highest BCUT2D eigenvalue weighted by Gasteiger charge is 2.42. The molecule has 25 heavy (non-hydrogen) atoms. The molecule has 0 spiro atoms. The Morgan fingerprint density at radius 1 is 1.20 bits per heavy atom. The smallest absolute Gasteiger partial charge is 0.310 e. The Labute approximate surface area is 152 Å². The number of carbonyl (C=O) groups is 2. The quantitative estimate of drug-likeness (QED) is 0.800. The van der Waals surface area contributed by atoms with E-state index in [0.29, 0.717) is 22.2 Å². The molecule has 0 radical (unpaired) electrons. The largest absolute Gasteiger partial charge is 0.447 e. The van der Waals surface area contributed by atoms with Crippen LogP contribution in [0.5, 0.6) is 0 Å². The molecule has 0 aliphatic heterocycles. The SMILES string of the molecule is Cc1ccc(NC(=O)[C@H](OC(=O)[C@H]2C[C@@H]2C)c2ccccc2)cc1Cl. The first kappa shape index (κ1) is 17.5. The molecule has 3 atom stereocenters. The van der Waals surface area contributed by atoms with Crippen LogP contribution >= 0.6 is 11.6 Å². The Hall–Kier alpha value is -2.33. The van der Waals surface area contributed by atoms with Crippen molar-refractivity contribution in [2.24, 2.45) is 11.8 Å². The van der Waals surface area contributed by atoms with Crippen LogP contribution in [0.1, 0.15) is 30.6 Å². The predicted octanol–water partition coefficient (Wildman–Crippen LogP) is 4.53. The van der Waals surface area contributed by atoms with Crippen LogP contribution in [0, 0.1) is 18.8 Å². The molecule has 1 N–H and O–H groups in total. The number of benzene rings is 2. The van der Waals surface area contributed by atoms with Crippen molar-refractivity contribution >= 4 is 29.2 Å². The van der Waals surface area contributed by atoms with E-state index in [4.69, 9.17) is 16.3 Å². The minimum Gasteiger partial charge on any atom is -0.447 e. The molecule has 1 aliphatic carbocycles. The fourth-order valence-corrected chi connectivity index (χ4v) is 2.81. The molecule has 1 saturated carbocycles. The van der Waals surface area contributed by atoms with Gasteiger partial charge in [0.25, 0.3) is 5.91 Å². The lowest BCUT2D eigenvalue weighted by molar-refractivity contribution is -0.156. The fourth-order valence-electron chi connectivity index (χ4n) is 2.63. The topological polar surface area (TPSA) is 55.4 Å². The van der Waals surface area contributed by atoms with Crippen LogP contribution in [0.25, 0.3) is 0 Å². The number of hydrogen-bond donors (Lipinski definition) is 1. The fraction of sp³-hybridized carbons (Fsp3) is 0.300. The van der Waals surface area contributed by atoms with Gasteiger partial charge in [-0.3, -0.25) is 9.59 Å². The number of carbonyl (C=O) groups excluding carboxylic acids is 2. The van der Waals surface area contributed by atoms with Gasteiger partial charge in [0.2, 0.25) is 6.10 Å². The molecule has 0 aromatic heterocycles. The standard InChI is InChI=1S/C20H20ClNO3/c1-12-8-9-15(11-17(12)21)22-19(23)18(14-6-4-3-5-7-14)25-20(24)16-10-13(16)2/h3-9,11,13,16,18H,10H2,1-2H3,(H,22,23)/t13-,16-,18+/m0/s1. The first-order chi connectivity index (χ1) is 12.0. The molecule has 0 heterocycles. The van der Waals surface area contributed by atoms with Crippen LogP contribution in [0.15, 0.2) is 48.5 Å². The monoisotopic (exact) mass is 357 g/mol. The van der Waals surface area contributed by atoms with Crippen LogP contribution in [0.2, 0.25) is 5.02 Å². The van der Waals surface area contributed by atoms with Crippen LogP contribution in [-0.2, 0) is 14.3 Å². The summed E-state index contributed by atoms with van der Waals surface area (Å²) in [7, 11) is 0. The van der Waals surface area contributed by atoms with Crippen LogP contribution in [0.4, 0.5) is 5.69 Å². The molecule has 2 aromatic rings. The third-order valence-electron chi connectivity index (χ3n) is 4.43. The number of amides is 1. The number of nitrogens with one attached hydrogen (secondary N) is 1. The molecule has 1 fully saturated rings. The van der Waals surface area contributed by atoms with E-state index in [0.717, 1.165) is 12.0 Å². The normalized spacial score (nSPS) is 19.8. The van der Waals surface area contributed by atoms with E-state index in [9.17, 15) is 9.59 Å². The van der Waals surface area contributed by atoms with Crippen LogP contribution < -0.4 is 5.32 Å². The molecule has 0 saturated heterocycles. The van der Waals surface area contributed by atoms with Crippen molar-refractivity contribution in [1.29, 1.82) is 0 Å². The molecular formula is C20H20ClNO3. The maximum atomic E-state index is 12.7. The highest BCUT2D eigenvalue weighted by molar-refractivity contribution is 6.31. The predicted molar refractivity (Wildman–Crippen MR) is 97.4 cm³/mol. The van der Waals surface area contributed by atoms with Crippen LogP contribution in [-0.4, -0.2) is 11.9 Å². The van der Waals surface area contributed by atoms with Gasteiger partial charge < -0.3 is 10.1 Å². The molecule has 3 rings (SSSR count). The van der Waals surface area contributed by atoms with Crippen LogP contribution in [0.3, 0.4) is 0 Å². The lowest BCUT2D eigenvalue weighted by atomic mass is 10.1. The molecule has 1 aliphatic rings. The van der Waals surface area contributed by atoms with Gasteiger partial charge in [-0.05, 0) is 37.0 Å². The first-order valence-corrected chi connectivity index (χ1v) is 8.66. The number of ether oxygens (including phenoxy) is 1. The summed E-state index contributed by atoms with van der Waals surface area (Å²) in [5, 5.41) is 3.35. The van der Waals surface area contributed by atoms with Crippen molar-refractivity contribution in [3.8, 4) is 0 Å². The lowest BCUT2D eigenvalue weighted by Crippen LogP contribution is -2.26. The summed E-state index contributed by atoms with van der Waals surface area (Å²) < 4.78 is 5.53. The van der Waals surface area contributed by atoms with Gasteiger partial charge in [0.1, 0.15) is 0 Å². The van der Waals surface area contributed by atoms with Gasteiger partial charge in [0, 0.05) is 16.3 Å². The van der Waals surface area contributed by atoms with Gasteiger partial charge in [-0.2, -0.15) is 0 Å². The number of hydrogen-bond acceptors (Lipinski definition) is 3. The second-order valence-electron chi connectivity index (χ2n) is 6.50. The average Bonchev–Trinajstić information content (AvgIpc) is 3.33. The second kappa shape index (κ2) is 7.28. The molecular weight excluding hydrogens is 338 g/mol. The lowest BCUT2D eigenvalue weighted by Gasteiger charge is -2.18. The molecule has 2 aromatic carbocycles. The Morgan fingerprint density at radius 3 is 2.48 bits per heavy atom. The van der Waals surface area contributed by atoms with Crippen molar-refractivity contribution in [3.05, 3.63) is 64.7 Å². The highest BCUT2D eigenvalue weighted by Crippen LogP contribution is 2.40. The van der Waals surface area contributed by atoms with Crippen molar-refractivity contribution in [3.63, 3.8) is 0 Å².